The second-order valence-electron chi connectivity index (χ2n) is 6.79. The van der Waals surface area contributed by atoms with Crippen molar-refractivity contribution < 1.29 is 4.79 Å². The molecule has 5 heteroatoms. The molecule has 0 saturated carbocycles. The molecule has 3 rings (SSSR count). The molecule has 0 bridgehead atoms. The predicted molar refractivity (Wildman–Crippen MR) is 95.0 cm³/mol. The summed E-state index contributed by atoms with van der Waals surface area (Å²) in [6.45, 7) is 4.75. The molecule has 1 aromatic heterocycles. The molecule has 2 aromatic rings. The number of nitrogens with one attached hydrogen (secondary N) is 1. The summed E-state index contributed by atoms with van der Waals surface area (Å²) in [4.78, 5) is 14.9. The molecule has 1 saturated heterocycles. The number of rotatable bonds is 4. The third kappa shape index (κ3) is 3.67. The van der Waals surface area contributed by atoms with Crippen LogP contribution in [0.4, 0.5) is 0 Å². The monoisotopic (exact) mass is 326 g/mol. The second-order valence-corrected chi connectivity index (χ2v) is 6.79. The van der Waals surface area contributed by atoms with Crippen LogP contribution in [0.2, 0.25) is 0 Å². The fourth-order valence-corrected chi connectivity index (χ4v) is 3.37. The van der Waals surface area contributed by atoms with Crippen LogP contribution in [-0.4, -0.2) is 40.7 Å². The third-order valence-electron chi connectivity index (χ3n) is 5.02. The predicted octanol–water partition coefficient (Wildman–Crippen LogP) is 2.47. The van der Waals surface area contributed by atoms with Gasteiger partial charge in [0.2, 0.25) is 0 Å². The van der Waals surface area contributed by atoms with Crippen molar-refractivity contribution in [3.8, 4) is 0 Å². The van der Waals surface area contributed by atoms with Crippen LogP contribution >= 0.6 is 0 Å². The number of nitrogens with zero attached hydrogens (tertiary/aromatic N) is 3. The molecule has 0 aliphatic carbocycles. The summed E-state index contributed by atoms with van der Waals surface area (Å²) in [5.74, 6) is 0.501. The highest BCUT2D eigenvalue weighted by Crippen LogP contribution is 2.26. The van der Waals surface area contributed by atoms with Crippen molar-refractivity contribution in [2.24, 2.45) is 7.05 Å². The van der Waals surface area contributed by atoms with Crippen LogP contribution in [0.15, 0.2) is 30.5 Å². The molecule has 24 heavy (non-hydrogen) atoms. The van der Waals surface area contributed by atoms with Gasteiger partial charge in [-0.15, -0.1) is 0 Å². The lowest BCUT2D eigenvalue weighted by Crippen LogP contribution is -2.31. The van der Waals surface area contributed by atoms with Crippen molar-refractivity contribution in [1.82, 2.24) is 20.0 Å². The van der Waals surface area contributed by atoms with E-state index in [9.17, 15) is 4.79 Å². The Labute approximate surface area is 143 Å². The number of piperidine rings is 1. The van der Waals surface area contributed by atoms with Gasteiger partial charge in [-0.05, 0) is 57.0 Å². The molecule has 5 nitrogen and oxygen atoms in total. The van der Waals surface area contributed by atoms with Gasteiger partial charge in [-0.1, -0.05) is 12.1 Å². The van der Waals surface area contributed by atoms with E-state index in [0.717, 1.165) is 23.4 Å². The number of aryl methyl sites for hydroxylation is 1. The van der Waals surface area contributed by atoms with Gasteiger partial charge in [0, 0.05) is 37.0 Å². The Kier molecular flexibility index (Phi) is 5.00. The van der Waals surface area contributed by atoms with E-state index >= 15 is 0 Å². The number of likely N-dealkylation sites (tertiary alicyclic amines) is 1. The van der Waals surface area contributed by atoms with E-state index in [1.54, 1.807) is 0 Å². The minimum Gasteiger partial charge on any atom is -0.348 e. The number of aromatic nitrogens is 2. The molecule has 1 aliphatic rings. The highest BCUT2D eigenvalue weighted by molar-refractivity contribution is 5.94. The highest BCUT2D eigenvalue weighted by Gasteiger charge is 2.19. The summed E-state index contributed by atoms with van der Waals surface area (Å²) in [5.41, 5.74) is 4.14. The molecule has 1 amide bonds. The molecule has 0 radical (unpaired) electrons. The molecular weight excluding hydrogens is 300 g/mol. The first kappa shape index (κ1) is 16.7. The van der Waals surface area contributed by atoms with Crippen molar-refractivity contribution in [1.29, 1.82) is 0 Å². The van der Waals surface area contributed by atoms with E-state index in [-0.39, 0.29) is 5.91 Å². The van der Waals surface area contributed by atoms with Gasteiger partial charge in [0.15, 0.2) is 0 Å². The quantitative estimate of drug-likeness (QED) is 0.939. The fourth-order valence-electron chi connectivity index (χ4n) is 3.37. The lowest BCUT2D eigenvalue weighted by atomic mass is 9.90. The van der Waals surface area contributed by atoms with E-state index in [4.69, 9.17) is 0 Å². The van der Waals surface area contributed by atoms with E-state index in [2.05, 4.69) is 34.5 Å². The second kappa shape index (κ2) is 7.18. The average molecular weight is 326 g/mol. The van der Waals surface area contributed by atoms with Crippen LogP contribution in [-0.2, 0) is 13.6 Å². The molecule has 1 atom stereocenters. The number of likely N-dealkylation sites (N-methyl/N-ethyl adjacent to an activating group) is 1. The standard InChI is InChI=1S/C19H26N4O/c1-14-18(12-21-23(14)3)11-20-19(24)16-7-4-6-15(10-16)17-8-5-9-22(2)13-17/h4,6-7,10,12,17H,5,8-9,11,13H2,1-3H3,(H,20,24). The highest BCUT2D eigenvalue weighted by atomic mass is 16.1. The first-order valence-corrected chi connectivity index (χ1v) is 8.59. The maximum Gasteiger partial charge on any atom is 0.251 e. The first-order chi connectivity index (χ1) is 11.5. The molecule has 128 valence electrons. The zero-order valence-electron chi connectivity index (χ0n) is 14.7. The summed E-state index contributed by atoms with van der Waals surface area (Å²) in [5, 5.41) is 7.22. The van der Waals surface area contributed by atoms with Crippen molar-refractivity contribution >= 4 is 5.91 Å². The van der Waals surface area contributed by atoms with Gasteiger partial charge in [-0.2, -0.15) is 5.10 Å². The van der Waals surface area contributed by atoms with Crippen molar-refractivity contribution in [2.75, 3.05) is 20.1 Å². The van der Waals surface area contributed by atoms with E-state index in [1.807, 2.05) is 37.0 Å². The number of hydrogen-bond donors (Lipinski definition) is 1. The first-order valence-electron chi connectivity index (χ1n) is 8.59. The van der Waals surface area contributed by atoms with Crippen LogP contribution in [0.3, 0.4) is 0 Å². The van der Waals surface area contributed by atoms with Gasteiger partial charge in [0.05, 0.1) is 6.20 Å². The Hall–Kier alpha value is -2.14. The number of carbonyl (C=O) groups excluding carboxylic acids is 1. The number of benzene rings is 1. The van der Waals surface area contributed by atoms with E-state index < -0.39 is 0 Å². The van der Waals surface area contributed by atoms with Gasteiger partial charge in [0.1, 0.15) is 0 Å². The van der Waals surface area contributed by atoms with Gasteiger partial charge in [-0.3, -0.25) is 9.48 Å². The summed E-state index contributed by atoms with van der Waals surface area (Å²) in [6, 6.07) is 8.08. The van der Waals surface area contributed by atoms with E-state index in [0.29, 0.717) is 12.5 Å². The molecule has 1 unspecified atom stereocenters. The lowest BCUT2D eigenvalue weighted by Gasteiger charge is -2.30. The molecule has 1 aromatic carbocycles. The SMILES string of the molecule is Cc1c(CNC(=O)c2cccc(C3CCCN(C)C3)c2)cnn1C. The van der Waals surface area contributed by atoms with Crippen molar-refractivity contribution in [2.45, 2.75) is 32.2 Å². The Bertz CT molecular complexity index is 722. The number of carbonyl (C=O) groups is 1. The Balaban J connectivity index is 1.66. The molecule has 1 fully saturated rings. The summed E-state index contributed by atoms with van der Waals surface area (Å²) >= 11 is 0. The maximum atomic E-state index is 12.5. The van der Waals surface area contributed by atoms with Crippen molar-refractivity contribution in [3.05, 3.63) is 52.8 Å². The van der Waals surface area contributed by atoms with Crippen LogP contribution in [0, 0.1) is 6.92 Å². The third-order valence-corrected chi connectivity index (χ3v) is 5.02. The minimum atomic E-state index is -0.0238. The van der Waals surface area contributed by atoms with Crippen molar-refractivity contribution in [3.63, 3.8) is 0 Å². The fraction of sp³-hybridized carbons (Fsp3) is 0.474. The van der Waals surface area contributed by atoms with Gasteiger partial charge >= 0.3 is 0 Å². The Morgan fingerprint density at radius 1 is 1.38 bits per heavy atom. The largest absolute Gasteiger partial charge is 0.348 e. The van der Waals surface area contributed by atoms with Gasteiger partial charge < -0.3 is 10.2 Å². The molecule has 0 spiro atoms. The smallest absolute Gasteiger partial charge is 0.251 e. The normalized spacial score (nSPS) is 18.5. The van der Waals surface area contributed by atoms with Crippen LogP contribution < -0.4 is 5.32 Å². The zero-order valence-corrected chi connectivity index (χ0v) is 14.7. The Morgan fingerprint density at radius 3 is 2.92 bits per heavy atom. The molecule has 1 N–H and O–H groups in total. The molecule has 2 heterocycles. The maximum absolute atomic E-state index is 12.5. The lowest BCUT2D eigenvalue weighted by molar-refractivity contribution is 0.0950. The van der Waals surface area contributed by atoms with Gasteiger partial charge in [0.25, 0.3) is 5.91 Å². The summed E-state index contributed by atoms with van der Waals surface area (Å²) in [7, 11) is 4.07. The topological polar surface area (TPSA) is 50.2 Å². The van der Waals surface area contributed by atoms with Crippen LogP contribution in [0.25, 0.3) is 0 Å². The summed E-state index contributed by atoms with van der Waals surface area (Å²) < 4.78 is 1.82. The zero-order chi connectivity index (χ0) is 17.1. The Morgan fingerprint density at radius 2 is 2.21 bits per heavy atom. The summed E-state index contributed by atoms with van der Waals surface area (Å²) in [6.07, 6.45) is 4.23. The van der Waals surface area contributed by atoms with Crippen LogP contribution in [0.5, 0.6) is 0 Å². The van der Waals surface area contributed by atoms with E-state index in [1.165, 1.54) is 24.9 Å². The molecule has 1 aliphatic heterocycles. The van der Waals surface area contributed by atoms with Crippen LogP contribution in [0.1, 0.15) is 45.9 Å². The minimum absolute atomic E-state index is 0.0238. The number of hydrogen-bond acceptors (Lipinski definition) is 3. The number of amides is 1. The molecular formula is C19H26N4O. The average Bonchev–Trinajstić information content (AvgIpc) is 2.91. The van der Waals surface area contributed by atoms with Gasteiger partial charge in [-0.25, -0.2) is 0 Å².